The third-order valence-corrected chi connectivity index (χ3v) is 4.82. The van der Waals surface area contributed by atoms with E-state index in [1.807, 2.05) is 0 Å². The summed E-state index contributed by atoms with van der Waals surface area (Å²) in [7, 11) is 0. The number of ketones is 1. The Labute approximate surface area is 135 Å². The molecule has 0 saturated carbocycles. The van der Waals surface area contributed by atoms with Crippen LogP contribution in [0.3, 0.4) is 0 Å². The number of benzene rings is 1. The molecule has 4 nitrogen and oxygen atoms in total. The molecule has 2 bridgehead atoms. The van der Waals surface area contributed by atoms with Crippen molar-refractivity contribution >= 4 is 23.4 Å². The lowest BCUT2D eigenvalue weighted by Gasteiger charge is -2.33. The molecule has 0 amide bonds. The van der Waals surface area contributed by atoms with E-state index in [2.05, 4.69) is 4.90 Å². The molecular formula is C17H20ClNO3. The molecule has 2 heterocycles. The Balaban J connectivity index is 1.41. The van der Waals surface area contributed by atoms with Crippen LogP contribution in [0.25, 0.3) is 0 Å². The van der Waals surface area contributed by atoms with E-state index in [9.17, 15) is 9.59 Å². The Kier molecular flexibility index (Phi) is 4.79. The first-order chi connectivity index (χ1) is 10.6. The smallest absolute Gasteiger partial charge is 0.338 e. The summed E-state index contributed by atoms with van der Waals surface area (Å²) >= 11 is 5.79. The van der Waals surface area contributed by atoms with Crippen LogP contribution in [0.15, 0.2) is 24.3 Å². The van der Waals surface area contributed by atoms with Gasteiger partial charge in [-0.15, -0.1) is 0 Å². The number of fused-ring (bicyclic) bond motifs is 2. The number of rotatable bonds is 5. The predicted molar refractivity (Wildman–Crippen MR) is 84.1 cm³/mol. The van der Waals surface area contributed by atoms with Gasteiger partial charge in [-0.25, -0.2) is 4.79 Å². The average Bonchev–Trinajstić information content (AvgIpc) is 2.74. The van der Waals surface area contributed by atoms with Gasteiger partial charge in [0.05, 0.1) is 12.2 Å². The monoisotopic (exact) mass is 321 g/mol. The van der Waals surface area contributed by atoms with Crippen molar-refractivity contribution in [1.82, 2.24) is 4.90 Å². The highest BCUT2D eigenvalue weighted by Gasteiger charge is 2.39. The number of hydrogen-bond donors (Lipinski definition) is 0. The van der Waals surface area contributed by atoms with E-state index in [4.69, 9.17) is 16.3 Å². The van der Waals surface area contributed by atoms with Crippen LogP contribution in [-0.2, 0) is 9.53 Å². The molecule has 2 aliphatic rings. The maximum Gasteiger partial charge on any atom is 0.338 e. The Morgan fingerprint density at radius 1 is 1.18 bits per heavy atom. The summed E-state index contributed by atoms with van der Waals surface area (Å²) in [5.74, 6) is 0.0892. The molecule has 2 unspecified atom stereocenters. The quantitative estimate of drug-likeness (QED) is 0.617. The van der Waals surface area contributed by atoms with Crippen LogP contribution in [-0.4, -0.2) is 41.9 Å². The van der Waals surface area contributed by atoms with Gasteiger partial charge in [0.15, 0.2) is 0 Å². The van der Waals surface area contributed by atoms with E-state index in [0.29, 0.717) is 47.9 Å². The maximum absolute atomic E-state index is 11.9. The van der Waals surface area contributed by atoms with E-state index < -0.39 is 0 Å². The van der Waals surface area contributed by atoms with Crippen molar-refractivity contribution in [2.45, 2.75) is 44.2 Å². The van der Waals surface area contributed by atoms with Gasteiger partial charge in [0.2, 0.25) is 0 Å². The van der Waals surface area contributed by atoms with Crippen LogP contribution >= 0.6 is 11.6 Å². The number of hydrogen-bond acceptors (Lipinski definition) is 4. The molecule has 2 fully saturated rings. The second-order valence-corrected chi connectivity index (χ2v) is 6.50. The van der Waals surface area contributed by atoms with Crippen LogP contribution in [0.4, 0.5) is 0 Å². The molecule has 0 N–H and O–H groups in total. The molecule has 2 atom stereocenters. The van der Waals surface area contributed by atoms with E-state index in [1.165, 1.54) is 0 Å². The van der Waals surface area contributed by atoms with E-state index in [0.717, 1.165) is 25.8 Å². The Hall–Kier alpha value is -1.39. The van der Waals surface area contributed by atoms with Crippen molar-refractivity contribution < 1.29 is 14.3 Å². The van der Waals surface area contributed by atoms with Crippen molar-refractivity contribution in [1.29, 1.82) is 0 Å². The predicted octanol–water partition coefficient (Wildman–Crippen LogP) is 3.08. The highest BCUT2D eigenvalue weighted by molar-refractivity contribution is 6.30. The molecule has 0 radical (unpaired) electrons. The summed E-state index contributed by atoms with van der Waals surface area (Å²) in [6.45, 7) is 1.31. The molecule has 0 spiro atoms. The van der Waals surface area contributed by atoms with Crippen LogP contribution in [0, 0.1) is 0 Å². The van der Waals surface area contributed by atoms with Crippen molar-refractivity contribution in [3.63, 3.8) is 0 Å². The van der Waals surface area contributed by atoms with Crippen LogP contribution in [0.2, 0.25) is 5.02 Å². The average molecular weight is 322 g/mol. The number of esters is 1. The zero-order valence-corrected chi connectivity index (χ0v) is 13.2. The van der Waals surface area contributed by atoms with Crippen LogP contribution < -0.4 is 0 Å². The minimum absolute atomic E-state index is 0.312. The first kappa shape index (κ1) is 15.5. The zero-order chi connectivity index (χ0) is 15.5. The van der Waals surface area contributed by atoms with Gasteiger partial charge in [-0.2, -0.15) is 0 Å². The number of carbonyl (C=O) groups is 2. The van der Waals surface area contributed by atoms with E-state index in [-0.39, 0.29) is 5.97 Å². The number of piperidine rings is 1. The third kappa shape index (κ3) is 3.50. The number of Topliss-reactive ketones (excluding diaryl/α,β-unsaturated/α-hetero) is 1. The molecule has 1 aromatic rings. The third-order valence-electron chi connectivity index (χ3n) is 4.57. The highest BCUT2D eigenvalue weighted by Crippen LogP contribution is 2.33. The molecule has 3 rings (SSSR count). The van der Waals surface area contributed by atoms with Crippen molar-refractivity contribution in [3.05, 3.63) is 34.9 Å². The summed E-state index contributed by atoms with van der Waals surface area (Å²) in [6.07, 6.45) is 4.45. The SMILES string of the molecule is O=C1CC2CCC(C1)N2CCCOC(=O)c1ccc(Cl)cc1. The second kappa shape index (κ2) is 6.80. The Morgan fingerprint density at radius 3 is 2.45 bits per heavy atom. The van der Waals surface area contributed by atoms with Gasteiger partial charge in [-0.05, 0) is 43.5 Å². The van der Waals surface area contributed by atoms with Crippen LogP contribution in [0.5, 0.6) is 0 Å². The summed E-state index contributed by atoms with van der Waals surface area (Å²) in [6, 6.07) is 7.53. The minimum Gasteiger partial charge on any atom is -0.462 e. The van der Waals surface area contributed by atoms with E-state index in [1.54, 1.807) is 24.3 Å². The standard InChI is InChI=1S/C17H20ClNO3/c18-13-4-2-12(3-5-13)17(21)22-9-1-8-19-14-6-7-15(19)11-16(20)10-14/h2-5,14-15H,1,6-11H2. The van der Waals surface area contributed by atoms with Gasteiger partial charge >= 0.3 is 5.97 Å². The van der Waals surface area contributed by atoms with Crippen molar-refractivity contribution in [2.75, 3.05) is 13.2 Å². The fourth-order valence-corrected chi connectivity index (χ4v) is 3.63. The Morgan fingerprint density at radius 2 is 1.82 bits per heavy atom. The molecule has 2 aliphatic heterocycles. The van der Waals surface area contributed by atoms with E-state index >= 15 is 0 Å². The summed E-state index contributed by atoms with van der Waals surface area (Å²) in [5.41, 5.74) is 0.521. The number of nitrogens with zero attached hydrogens (tertiary/aromatic N) is 1. The second-order valence-electron chi connectivity index (χ2n) is 6.07. The molecule has 5 heteroatoms. The van der Waals surface area contributed by atoms with Gasteiger partial charge in [-0.3, -0.25) is 9.69 Å². The van der Waals surface area contributed by atoms with Gasteiger partial charge in [0.1, 0.15) is 5.78 Å². The molecule has 0 aromatic heterocycles. The first-order valence-corrected chi connectivity index (χ1v) is 8.21. The largest absolute Gasteiger partial charge is 0.462 e. The lowest BCUT2D eigenvalue weighted by Crippen LogP contribution is -2.43. The topological polar surface area (TPSA) is 46.6 Å². The van der Waals surface area contributed by atoms with Crippen molar-refractivity contribution in [3.8, 4) is 0 Å². The lowest BCUT2D eigenvalue weighted by atomic mass is 10.0. The fourth-order valence-electron chi connectivity index (χ4n) is 3.51. The summed E-state index contributed by atoms with van der Waals surface area (Å²) in [5, 5.41) is 0.603. The van der Waals surface area contributed by atoms with Gasteiger partial charge in [-0.1, -0.05) is 11.6 Å². The molecule has 22 heavy (non-hydrogen) atoms. The summed E-state index contributed by atoms with van der Waals surface area (Å²) < 4.78 is 5.30. The maximum atomic E-state index is 11.9. The zero-order valence-electron chi connectivity index (χ0n) is 12.5. The number of carbonyl (C=O) groups excluding carboxylic acids is 2. The molecule has 1 aromatic carbocycles. The molecule has 2 saturated heterocycles. The normalized spacial score (nSPS) is 24.5. The minimum atomic E-state index is -0.312. The van der Waals surface area contributed by atoms with Crippen LogP contribution in [0.1, 0.15) is 42.5 Å². The van der Waals surface area contributed by atoms with Gasteiger partial charge in [0.25, 0.3) is 0 Å². The van der Waals surface area contributed by atoms with Crippen molar-refractivity contribution in [2.24, 2.45) is 0 Å². The number of halogens is 1. The highest BCUT2D eigenvalue weighted by atomic mass is 35.5. The van der Waals surface area contributed by atoms with Gasteiger partial charge < -0.3 is 4.74 Å². The first-order valence-electron chi connectivity index (χ1n) is 7.83. The summed E-state index contributed by atoms with van der Waals surface area (Å²) in [4.78, 5) is 25.9. The molecule has 0 aliphatic carbocycles. The lowest BCUT2D eigenvalue weighted by molar-refractivity contribution is -0.123. The fraction of sp³-hybridized carbons (Fsp3) is 0.529. The van der Waals surface area contributed by atoms with Gasteiger partial charge in [0, 0.05) is 36.5 Å². The Bertz CT molecular complexity index is 542. The number of ether oxygens (including phenoxy) is 1. The molecule has 118 valence electrons. The molecular weight excluding hydrogens is 302 g/mol.